The first kappa shape index (κ1) is 56.7. The molecule has 6 aliphatic carbocycles. The number of unbranched alkanes of at least 4 members (excludes halogenated alkanes) is 6. The van der Waals surface area contributed by atoms with Crippen LogP contribution < -0.4 is 4.74 Å². The summed E-state index contributed by atoms with van der Waals surface area (Å²) >= 11 is 0. The van der Waals surface area contributed by atoms with Gasteiger partial charge in [0.1, 0.15) is 5.75 Å². The molecular weight excluding hydrogens is 1020 g/mol. The van der Waals surface area contributed by atoms with E-state index in [9.17, 15) is 4.79 Å². The van der Waals surface area contributed by atoms with E-state index in [-0.39, 0.29) is 32.5 Å². The molecule has 3 heteroatoms. The van der Waals surface area contributed by atoms with Crippen LogP contribution in [0, 0.1) is 28.6 Å². The van der Waals surface area contributed by atoms with E-state index in [2.05, 4.69) is 182 Å². The van der Waals surface area contributed by atoms with Gasteiger partial charge >= 0.3 is 5.97 Å². The summed E-state index contributed by atoms with van der Waals surface area (Å²) in [6.45, 7) is 20.4. The Morgan fingerprint density at radius 2 is 0.798 bits per heavy atom. The van der Waals surface area contributed by atoms with E-state index >= 15 is 0 Å². The number of esters is 1. The molecule has 4 bridgehead atoms. The molecule has 4 fully saturated rings. The van der Waals surface area contributed by atoms with Gasteiger partial charge in [0.15, 0.2) is 0 Å². The Hall–Kier alpha value is -6.45. The van der Waals surface area contributed by atoms with Crippen LogP contribution in [0.4, 0.5) is 0 Å². The number of hydrogen-bond donors (Lipinski definition) is 0. The smallest absolute Gasteiger partial charge is 0.336 e. The zero-order valence-electron chi connectivity index (χ0n) is 51.9. The number of carbonyl (C=O) groups is 1. The number of aryl methyl sites for hydroxylation is 1. The van der Waals surface area contributed by atoms with E-state index in [1.54, 1.807) is 29.2 Å². The molecule has 4 saturated carbocycles. The highest BCUT2D eigenvalue weighted by Gasteiger charge is 2.69. The first-order valence-corrected chi connectivity index (χ1v) is 33.2. The van der Waals surface area contributed by atoms with Crippen LogP contribution in [0.5, 0.6) is 5.75 Å². The number of ether oxygens (including phenoxy) is 2. The van der Waals surface area contributed by atoms with Gasteiger partial charge in [0.2, 0.25) is 6.29 Å². The minimum Gasteiger partial charge on any atom is -0.455 e. The van der Waals surface area contributed by atoms with Gasteiger partial charge in [0, 0.05) is 22.8 Å². The van der Waals surface area contributed by atoms with Crippen LogP contribution in [0.1, 0.15) is 211 Å². The summed E-state index contributed by atoms with van der Waals surface area (Å²) in [6, 6.07) is 57.5. The molecule has 7 aromatic carbocycles. The molecule has 0 aromatic heterocycles. The maximum atomic E-state index is 12.6. The minimum absolute atomic E-state index is 0.0363. The maximum Gasteiger partial charge on any atom is 0.336 e. The van der Waals surface area contributed by atoms with Gasteiger partial charge in [-0.3, -0.25) is 0 Å². The third-order valence-corrected chi connectivity index (χ3v) is 23.6. The summed E-state index contributed by atoms with van der Waals surface area (Å²) in [5, 5.41) is 0. The number of rotatable bonds is 18. The fraction of sp³-hybridized carbons (Fsp3) is 0.444. The Labute approximate surface area is 504 Å². The zero-order chi connectivity index (χ0) is 58.1. The SMILES string of the molecule is C=C(C)C(=O)OC(CCCCCCCCC)Oc1ccc(-c2ccc(-c3ccc4c(c3)C3(c5cc(-c6ccc7c(c6)C6(c8cc(-c9ccc(C)cc9)ccc8-7)C7(CC)CCCC6(CC)CCC7)ccc5-4)C4(C)CCCC3(C)CCC4)cc2)cc1. The molecule has 0 radical (unpaired) electrons. The van der Waals surface area contributed by atoms with Crippen molar-refractivity contribution in [3.05, 3.63) is 186 Å². The Morgan fingerprint density at radius 3 is 1.21 bits per heavy atom. The van der Waals surface area contributed by atoms with Crippen LogP contribution in [0.2, 0.25) is 0 Å². The summed E-state index contributed by atoms with van der Waals surface area (Å²) in [5.41, 5.74) is 24.8. The number of hydrogen-bond acceptors (Lipinski definition) is 3. The molecule has 1 atom stereocenters. The largest absolute Gasteiger partial charge is 0.455 e. The fourth-order valence-electron chi connectivity index (χ4n) is 19.7. The molecule has 0 aliphatic heterocycles. The highest BCUT2D eigenvalue weighted by Crippen LogP contribution is 2.77. The lowest BCUT2D eigenvalue weighted by molar-refractivity contribution is -0.159. The van der Waals surface area contributed by atoms with Crippen molar-refractivity contribution in [1.82, 2.24) is 0 Å². The van der Waals surface area contributed by atoms with Crippen LogP contribution >= 0.6 is 0 Å². The van der Waals surface area contributed by atoms with Crippen molar-refractivity contribution in [3.8, 4) is 72.5 Å². The van der Waals surface area contributed by atoms with E-state index in [1.807, 2.05) is 12.1 Å². The minimum atomic E-state index is -0.645. The summed E-state index contributed by atoms with van der Waals surface area (Å²) in [5.74, 6) is 0.292. The fourth-order valence-corrected chi connectivity index (χ4v) is 19.7. The molecule has 84 heavy (non-hydrogen) atoms. The molecule has 0 saturated heterocycles. The lowest BCUT2D eigenvalue weighted by atomic mass is 9.36. The quantitative estimate of drug-likeness (QED) is 0.0372. The average Bonchev–Trinajstić information content (AvgIpc) is 1.43. The summed E-state index contributed by atoms with van der Waals surface area (Å²) in [4.78, 5) is 12.6. The number of carbonyl (C=O) groups excluding carboxylic acids is 1. The summed E-state index contributed by atoms with van der Waals surface area (Å²) in [6.07, 6.45) is 26.4. The first-order chi connectivity index (χ1) is 40.8. The second-order valence-electron chi connectivity index (χ2n) is 28.0. The van der Waals surface area contributed by atoms with Crippen molar-refractivity contribution in [1.29, 1.82) is 0 Å². The van der Waals surface area contributed by atoms with Gasteiger partial charge in [0.25, 0.3) is 0 Å². The summed E-state index contributed by atoms with van der Waals surface area (Å²) in [7, 11) is 0. The Bertz CT molecular complexity index is 3550. The van der Waals surface area contributed by atoms with Gasteiger partial charge < -0.3 is 9.47 Å². The molecule has 0 N–H and O–H groups in total. The second kappa shape index (κ2) is 22.1. The van der Waals surface area contributed by atoms with E-state index in [1.165, 1.54) is 183 Å². The van der Waals surface area contributed by atoms with Gasteiger partial charge in [-0.15, -0.1) is 0 Å². The molecular formula is C81H92O3. The molecule has 434 valence electrons. The third-order valence-electron chi connectivity index (χ3n) is 23.6. The number of benzene rings is 7. The predicted octanol–water partition coefficient (Wildman–Crippen LogP) is 22.7. The Kier molecular flexibility index (Phi) is 14.9. The highest BCUT2D eigenvalue weighted by atomic mass is 16.7. The molecule has 1 unspecified atom stereocenters. The topological polar surface area (TPSA) is 35.5 Å². The van der Waals surface area contributed by atoms with Gasteiger partial charge in [-0.2, -0.15) is 0 Å². The monoisotopic (exact) mass is 1110 g/mol. The van der Waals surface area contributed by atoms with E-state index in [0.717, 1.165) is 24.0 Å². The molecule has 2 spiro atoms. The lowest BCUT2D eigenvalue weighted by Gasteiger charge is -2.67. The maximum absolute atomic E-state index is 12.6. The van der Waals surface area contributed by atoms with Gasteiger partial charge in [-0.1, -0.05) is 220 Å². The third kappa shape index (κ3) is 8.79. The average molecular weight is 1110 g/mol. The van der Waals surface area contributed by atoms with Crippen molar-refractivity contribution in [2.45, 2.75) is 207 Å². The van der Waals surface area contributed by atoms with E-state index in [4.69, 9.17) is 9.47 Å². The molecule has 0 amide bonds. The summed E-state index contributed by atoms with van der Waals surface area (Å²) < 4.78 is 12.1. The van der Waals surface area contributed by atoms with Crippen LogP contribution in [0.25, 0.3) is 66.8 Å². The van der Waals surface area contributed by atoms with E-state index in [0.29, 0.717) is 17.7 Å². The molecule has 13 rings (SSSR count). The Morgan fingerprint density at radius 1 is 0.452 bits per heavy atom. The molecule has 6 aliphatic rings. The van der Waals surface area contributed by atoms with Crippen molar-refractivity contribution < 1.29 is 14.3 Å². The predicted molar refractivity (Wildman–Crippen MR) is 350 cm³/mol. The molecule has 3 nitrogen and oxygen atoms in total. The van der Waals surface area contributed by atoms with Crippen molar-refractivity contribution in [2.75, 3.05) is 0 Å². The van der Waals surface area contributed by atoms with E-state index < -0.39 is 12.3 Å². The second-order valence-corrected chi connectivity index (χ2v) is 28.0. The molecule has 7 aromatic rings. The number of fused-ring (bicyclic) bond motifs is 6. The molecule has 0 heterocycles. The Balaban J connectivity index is 0.842. The van der Waals surface area contributed by atoms with Crippen molar-refractivity contribution in [2.24, 2.45) is 21.7 Å². The highest BCUT2D eigenvalue weighted by molar-refractivity contribution is 5.91. The van der Waals surface area contributed by atoms with Crippen LogP contribution in [-0.2, 0) is 20.4 Å². The van der Waals surface area contributed by atoms with Gasteiger partial charge in [0.05, 0.1) is 0 Å². The zero-order valence-corrected chi connectivity index (χ0v) is 51.9. The van der Waals surface area contributed by atoms with Gasteiger partial charge in [-0.05, 0) is 232 Å². The van der Waals surface area contributed by atoms with Crippen LogP contribution in [-0.4, -0.2) is 12.3 Å². The standard InChI is InChI=1S/C81H92O3/c1-9-12-13-14-15-16-17-22-74(84-75(82)55(4)5)83-65-37-31-58(32-38-65)57-27-29-60(30-28-57)61-33-39-66-67-41-35-63(53-71(67)80(70(66)51-61)76(7)43-18-45-77(80,8)46-19-44-76)64-36-42-69-68-40-34-62(59-25-23-56(6)24-26-59)52-72(68)81(73(69)54-64)78(10-2)47-20-49-79(81,11-3)50-21-48-78/h23-42,51-54,74H,4,9-22,43-50H2,1-3,5-8H3. The lowest BCUT2D eigenvalue weighted by Crippen LogP contribution is -2.61. The first-order valence-electron chi connectivity index (χ1n) is 33.2. The van der Waals surface area contributed by atoms with Crippen molar-refractivity contribution in [3.63, 3.8) is 0 Å². The van der Waals surface area contributed by atoms with Gasteiger partial charge in [-0.25, -0.2) is 4.79 Å². The van der Waals surface area contributed by atoms with Crippen LogP contribution in [0.3, 0.4) is 0 Å². The van der Waals surface area contributed by atoms with Crippen LogP contribution in [0.15, 0.2) is 158 Å². The van der Waals surface area contributed by atoms with Crippen molar-refractivity contribution >= 4 is 5.97 Å². The normalized spacial score (nSPS) is 26.3.